The average Bonchev–Trinajstić information content (AvgIpc) is 3.52. The molecule has 2 amide bonds. The first kappa shape index (κ1) is 36.6. The molecule has 1 N–H and O–H groups in total. The number of rotatable bonds is 11. The summed E-state index contributed by atoms with van der Waals surface area (Å²) in [6, 6.07) is 17.1. The number of pyridine rings is 1. The number of aryl methyl sites for hydroxylation is 1. The molecule has 13 heteroatoms. The second-order valence-corrected chi connectivity index (χ2v) is 12.0. The fourth-order valence-corrected chi connectivity index (χ4v) is 5.86. The number of benzene rings is 3. The van der Waals surface area contributed by atoms with E-state index >= 15 is 0 Å². The Morgan fingerprint density at radius 3 is 2.35 bits per heavy atom. The number of carbonyl (C=O) groups is 4. The van der Waals surface area contributed by atoms with Gasteiger partial charge in [-0.15, -0.1) is 0 Å². The SMILES string of the molecule is CCOC(=O)c1ccc2c(n1)C(COC(=O)Cc1ccc(NC(=O)c3cccc(OC)c3-c3ccc(C(F)(F)F)cc3)c(C(=O)N(C)C)c1)CC2. The summed E-state index contributed by atoms with van der Waals surface area (Å²) in [5.74, 6) is -2.07. The molecule has 266 valence electrons. The highest BCUT2D eigenvalue weighted by molar-refractivity contribution is 6.12. The standard InChI is InChI=1S/C38H36F3N3O7/c1-5-50-37(48)30-18-14-24-10-11-25(34(24)42-30)21-51-32(45)20-22-9-17-29(28(19-22)36(47)44(2)3)43-35(46)27-7-6-8-31(49-4)33(27)23-12-15-26(16-13-23)38(39,40)41/h6-9,12-19,25H,5,10-11,20-21H2,1-4H3,(H,43,46). The topological polar surface area (TPSA) is 124 Å². The number of ether oxygens (including phenoxy) is 3. The molecule has 3 aromatic carbocycles. The van der Waals surface area contributed by atoms with Crippen molar-refractivity contribution in [1.29, 1.82) is 0 Å². The molecule has 10 nitrogen and oxygen atoms in total. The number of nitrogens with one attached hydrogen (secondary N) is 1. The molecule has 0 aliphatic heterocycles. The first-order valence-electron chi connectivity index (χ1n) is 16.1. The zero-order chi connectivity index (χ0) is 36.9. The Bertz CT molecular complexity index is 1960. The van der Waals surface area contributed by atoms with Crippen molar-refractivity contribution in [3.8, 4) is 16.9 Å². The van der Waals surface area contributed by atoms with Crippen LogP contribution in [0.4, 0.5) is 18.9 Å². The molecule has 4 aromatic rings. The molecule has 51 heavy (non-hydrogen) atoms. The second kappa shape index (κ2) is 15.4. The zero-order valence-electron chi connectivity index (χ0n) is 28.4. The molecule has 0 saturated carbocycles. The van der Waals surface area contributed by atoms with Crippen LogP contribution in [0.5, 0.6) is 5.75 Å². The maximum atomic E-state index is 13.7. The van der Waals surface area contributed by atoms with Gasteiger partial charge in [0.15, 0.2) is 0 Å². The lowest BCUT2D eigenvalue weighted by Crippen LogP contribution is -2.24. The molecular weight excluding hydrogens is 667 g/mol. The van der Waals surface area contributed by atoms with Crippen LogP contribution in [0.15, 0.2) is 72.8 Å². The fourth-order valence-electron chi connectivity index (χ4n) is 5.86. The number of aromatic nitrogens is 1. The van der Waals surface area contributed by atoms with Crippen LogP contribution in [-0.2, 0) is 33.3 Å². The van der Waals surface area contributed by atoms with E-state index in [1.54, 1.807) is 45.3 Å². The molecule has 1 aliphatic carbocycles. The predicted octanol–water partition coefficient (Wildman–Crippen LogP) is 6.72. The smallest absolute Gasteiger partial charge is 0.416 e. The third kappa shape index (κ3) is 8.36. The van der Waals surface area contributed by atoms with Crippen molar-refractivity contribution in [3.05, 3.63) is 112 Å². The van der Waals surface area contributed by atoms with Gasteiger partial charge in [-0.1, -0.05) is 30.3 Å². The summed E-state index contributed by atoms with van der Waals surface area (Å²) in [4.78, 5) is 57.9. The van der Waals surface area contributed by atoms with Crippen molar-refractivity contribution in [3.63, 3.8) is 0 Å². The van der Waals surface area contributed by atoms with E-state index in [1.165, 1.54) is 42.3 Å². The lowest BCUT2D eigenvalue weighted by molar-refractivity contribution is -0.143. The minimum Gasteiger partial charge on any atom is -0.496 e. The molecule has 0 spiro atoms. The summed E-state index contributed by atoms with van der Waals surface area (Å²) in [6.07, 6.45) is -3.26. The lowest BCUT2D eigenvalue weighted by atomic mass is 9.96. The molecular formula is C38H36F3N3O7. The molecule has 1 aliphatic rings. The van der Waals surface area contributed by atoms with Gasteiger partial charge in [0.05, 0.1) is 54.8 Å². The van der Waals surface area contributed by atoms with Crippen molar-refractivity contribution < 1.29 is 46.6 Å². The largest absolute Gasteiger partial charge is 0.496 e. The van der Waals surface area contributed by atoms with Crippen LogP contribution in [0.25, 0.3) is 11.1 Å². The van der Waals surface area contributed by atoms with Crippen LogP contribution in [0, 0.1) is 0 Å². The lowest BCUT2D eigenvalue weighted by Gasteiger charge is -2.18. The molecule has 0 saturated heterocycles. The zero-order valence-corrected chi connectivity index (χ0v) is 28.4. The van der Waals surface area contributed by atoms with Crippen LogP contribution in [-0.4, -0.2) is 68.1 Å². The van der Waals surface area contributed by atoms with Gasteiger partial charge in [-0.25, -0.2) is 9.78 Å². The minimum absolute atomic E-state index is 0.0601. The number of hydrogen-bond donors (Lipinski definition) is 1. The van der Waals surface area contributed by atoms with Crippen LogP contribution in [0.3, 0.4) is 0 Å². The molecule has 1 unspecified atom stereocenters. The van der Waals surface area contributed by atoms with E-state index in [0.29, 0.717) is 23.2 Å². The van der Waals surface area contributed by atoms with Gasteiger partial charge in [-0.05, 0) is 78.9 Å². The first-order chi connectivity index (χ1) is 24.3. The number of methoxy groups -OCH3 is 1. The van der Waals surface area contributed by atoms with Gasteiger partial charge in [-0.3, -0.25) is 14.4 Å². The van der Waals surface area contributed by atoms with E-state index in [9.17, 15) is 32.3 Å². The molecule has 5 rings (SSSR count). The van der Waals surface area contributed by atoms with Gasteiger partial charge < -0.3 is 24.4 Å². The van der Waals surface area contributed by atoms with Gasteiger partial charge in [0.1, 0.15) is 11.4 Å². The number of carbonyl (C=O) groups excluding carboxylic acids is 4. The van der Waals surface area contributed by atoms with Gasteiger partial charge in [0.2, 0.25) is 0 Å². The third-order valence-corrected chi connectivity index (χ3v) is 8.40. The second-order valence-electron chi connectivity index (χ2n) is 12.0. The molecule has 0 bridgehead atoms. The Morgan fingerprint density at radius 2 is 1.69 bits per heavy atom. The number of fused-ring (bicyclic) bond motifs is 1. The number of halogens is 3. The monoisotopic (exact) mass is 703 g/mol. The van der Waals surface area contributed by atoms with Crippen LogP contribution < -0.4 is 10.1 Å². The quantitative estimate of drug-likeness (QED) is 0.171. The maximum absolute atomic E-state index is 13.7. The molecule has 1 heterocycles. The summed E-state index contributed by atoms with van der Waals surface area (Å²) in [7, 11) is 4.47. The number of hydrogen-bond acceptors (Lipinski definition) is 8. The molecule has 1 aromatic heterocycles. The number of esters is 2. The van der Waals surface area contributed by atoms with Crippen molar-refractivity contribution in [2.24, 2.45) is 0 Å². The number of nitrogens with zero attached hydrogens (tertiary/aromatic N) is 2. The molecule has 1 atom stereocenters. The predicted molar refractivity (Wildman–Crippen MR) is 182 cm³/mol. The van der Waals surface area contributed by atoms with Crippen LogP contribution in [0.1, 0.15) is 72.9 Å². The summed E-state index contributed by atoms with van der Waals surface area (Å²) in [6.45, 7) is 2.00. The highest BCUT2D eigenvalue weighted by Gasteiger charge is 2.31. The van der Waals surface area contributed by atoms with Gasteiger partial charge >= 0.3 is 18.1 Å². The normalized spacial score (nSPS) is 13.6. The van der Waals surface area contributed by atoms with Crippen LogP contribution in [0.2, 0.25) is 0 Å². The molecule has 0 fully saturated rings. The number of amides is 2. The van der Waals surface area contributed by atoms with Gasteiger partial charge in [0.25, 0.3) is 11.8 Å². The summed E-state index contributed by atoms with van der Waals surface area (Å²) in [5.41, 5.74) is 2.45. The Morgan fingerprint density at radius 1 is 0.941 bits per heavy atom. The minimum atomic E-state index is -4.53. The summed E-state index contributed by atoms with van der Waals surface area (Å²) in [5, 5.41) is 2.75. The average molecular weight is 704 g/mol. The van der Waals surface area contributed by atoms with Crippen molar-refractivity contribution in [1.82, 2.24) is 9.88 Å². The van der Waals surface area contributed by atoms with E-state index in [4.69, 9.17) is 14.2 Å². The van der Waals surface area contributed by atoms with Crippen molar-refractivity contribution in [2.45, 2.75) is 38.3 Å². The number of alkyl halides is 3. The highest BCUT2D eigenvalue weighted by atomic mass is 19.4. The third-order valence-electron chi connectivity index (χ3n) is 8.40. The Kier molecular flexibility index (Phi) is 11.1. The van der Waals surface area contributed by atoms with Crippen LogP contribution >= 0.6 is 0 Å². The van der Waals surface area contributed by atoms with E-state index in [2.05, 4.69) is 10.3 Å². The van der Waals surface area contributed by atoms with E-state index in [-0.39, 0.29) is 59.4 Å². The Balaban J connectivity index is 1.33. The summed E-state index contributed by atoms with van der Waals surface area (Å²) < 4.78 is 55.8. The first-order valence-corrected chi connectivity index (χ1v) is 16.1. The Labute approximate surface area is 292 Å². The fraction of sp³-hybridized carbons (Fsp3) is 0.289. The van der Waals surface area contributed by atoms with E-state index < -0.39 is 35.5 Å². The highest BCUT2D eigenvalue weighted by Crippen LogP contribution is 2.37. The van der Waals surface area contributed by atoms with Gasteiger partial charge in [-0.2, -0.15) is 13.2 Å². The van der Waals surface area contributed by atoms with Crippen molar-refractivity contribution in [2.75, 3.05) is 39.7 Å². The molecule has 0 radical (unpaired) electrons. The summed E-state index contributed by atoms with van der Waals surface area (Å²) >= 11 is 0. The van der Waals surface area contributed by atoms with E-state index in [1.807, 2.05) is 6.07 Å². The van der Waals surface area contributed by atoms with E-state index in [0.717, 1.165) is 24.1 Å². The number of anilines is 1. The Hall–Kier alpha value is -5.72. The van der Waals surface area contributed by atoms with Crippen molar-refractivity contribution >= 4 is 29.4 Å². The maximum Gasteiger partial charge on any atom is 0.416 e. The van der Waals surface area contributed by atoms with Gasteiger partial charge in [0, 0.05) is 25.6 Å².